The van der Waals surface area contributed by atoms with E-state index >= 15 is 0 Å². The molecule has 0 bridgehead atoms. The summed E-state index contributed by atoms with van der Waals surface area (Å²) in [5, 5.41) is 0. The summed E-state index contributed by atoms with van der Waals surface area (Å²) in [6.07, 6.45) is 6.50. The Morgan fingerprint density at radius 2 is 1.02 bits per heavy atom. The predicted molar refractivity (Wildman–Crippen MR) is 247 cm³/mol. The number of hydrogen-bond acceptors (Lipinski definition) is 2. The molecule has 0 aromatic heterocycles. The van der Waals surface area contributed by atoms with Gasteiger partial charge in [0.25, 0.3) is 0 Å². The molecule has 9 rings (SSSR count). The van der Waals surface area contributed by atoms with Crippen LogP contribution in [0, 0.1) is 6.92 Å². The van der Waals surface area contributed by atoms with E-state index in [1.807, 2.05) is 19.9 Å². The topological polar surface area (TPSA) is 6.48 Å². The van der Waals surface area contributed by atoms with Crippen molar-refractivity contribution in [2.24, 2.45) is 0 Å². The van der Waals surface area contributed by atoms with Gasteiger partial charge in [-0.1, -0.05) is 157 Å². The first-order chi connectivity index (χ1) is 27.6. The van der Waals surface area contributed by atoms with Crippen molar-refractivity contribution < 1.29 is 0 Å². The van der Waals surface area contributed by atoms with Crippen LogP contribution >= 0.6 is 0 Å². The number of hydrogen-bond donors (Lipinski definition) is 0. The predicted octanol–water partition coefficient (Wildman–Crippen LogP) is 15.7. The van der Waals surface area contributed by atoms with Gasteiger partial charge in [0.15, 0.2) is 0 Å². The standard InChI is InChI=1S/C53H46N2.C2H6/c1-7-39-34-42(27-22-36(39)2)55-50-21-15-14-20-46(50)52(3,4)49-33-38(26-31-51(49)55)24-23-37-25-29-44-45-30-28-43(35-48(45)53(5,6)47(44)32-37)54(40-16-10-8-11-17-40)41-18-12-9-13-19-41;1-2/h7-35H,1H2,2-6H3;1-2H3/b24-23+;. The van der Waals surface area contributed by atoms with E-state index in [4.69, 9.17) is 0 Å². The fraction of sp³-hybridized carbons (Fsp3) is 0.164. The van der Waals surface area contributed by atoms with E-state index in [1.165, 1.54) is 61.4 Å². The van der Waals surface area contributed by atoms with Gasteiger partial charge >= 0.3 is 0 Å². The second-order valence-electron chi connectivity index (χ2n) is 16.0. The van der Waals surface area contributed by atoms with Gasteiger partial charge < -0.3 is 9.80 Å². The molecule has 7 aromatic carbocycles. The van der Waals surface area contributed by atoms with Gasteiger partial charge in [0.1, 0.15) is 0 Å². The number of fused-ring (bicyclic) bond motifs is 5. The van der Waals surface area contributed by atoms with Crippen molar-refractivity contribution in [3.8, 4) is 11.1 Å². The Balaban J connectivity index is 0.00000224. The third-order valence-corrected chi connectivity index (χ3v) is 11.9. The zero-order valence-electron chi connectivity index (χ0n) is 34.3. The molecule has 1 heterocycles. The van der Waals surface area contributed by atoms with E-state index in [9.17, 15) is 0 Å². The van der Waals surface area contributed by atoms with Crippen molar-refractivity contribution in [3.05, 3.63) is 209 Å². The summed E-state index contributed by atoms with van der Waals surface area (Å²) in [5.74, 6) is 0. The molecule has 0 radical (unpaired) electrons. The lowest BCUT2D eigenvalue weighted by molar-refractivity contribution is 0.631. The van der Waals surface area contributed by atoms with Gasteiger partial charge in [-0.25, -0.2) is 0 Å². The molecule has 1 aliphatic carbocycles. The molecule has 0 spiro atoms. The zero-order valence-corrected chi connectivity index (χ0v) is 34.3. The molecule has 0 N–H and O–H groups in total. The van der Waals surface area contributed by atoms with Crippen molar-refractivity contribution in [3.63, 3.8) is 0 Å². The summed E-state index contributed by atoms with van der Waals surface area (Å²) in [4.78, 5) is 4.77. The SMILES string of the molecule is C=Cc1cc(N2c3ccccc3C(C)(C)c3cc(/C=C/c4ccc5c(c4)C(C)(C)c4cc(N(c6ccccc6)c6ccccc6)ccc4-5)ccc32)ccc1C.CC. The average molecular weight is 741 g/mol. The highest BCUT2D eigenvalue weighted by Gasteiger charge is 2.38. The highest BCUT2D eigenvalue weighted by Crippen LogP contribution is 2.53. The van der Waals surface area contributed by atoms with Gasteiger partial charge in [-0.2, -0.15) is 0 Å². The van der Waals surface area contributed by atoms with Gasteiger partial charge in [-0.15, -0.1) is 0 Å². The molecule has 1 aliphatic heterocycles. The van der Waals surface area contributed by atoms with Crippen LogP contribution in [0.15, 0.2) is 164 Å². The third kappa shape index (κ3) is 6.50. The molecule has 2 nitrogen and oxygen atoms in total. The Kier molecular flexibility index (Phi) is 9.84. The molecule has 0 saturated carbocycles. The van der Waals surface area contributed by atoms with Gasteiger partial charge in [0.2, 0.25) is 0 Å². The minimum absolute atomic E-state index is 0.155. The van der Waals surface area contributed by atoms with Crippen molar-refractivity contribution in [2.45, 2.75) is 59.3 Å². The molecular formula is C55H52N2. The second-order valence-corrected chi connectivity index (χ2v) is 16.0. The lowest BCUT2D eigenvalue weighted by Crippen LogP contribution is -2.30. The molecule has 2 aliphatic rings. The van der Waals surface area contributed by atoms with Gasteiger partial charge in [-0.3, -0.25) is 0 Å². The molecular weight excluding hydrogens is 689 g/mol. The first-order valence-corrected chi connectivity index (χ1v) is 20.3. The first kappa shape index (κ1) is 37.5. The summed E-state index contributed by atoms with van der Waals surface area (Å²) in [6, 6.07) is 57.7. The number of benzene rings is 7. The Labute approximate surface area is 340 Å². The summed E-state index contributed by atoms with van der Waals surface area (Å²) >= 11 is 0. The van der Waals surface area contributed by atoms with Crippen LogP contribution in [-0.2, 0) is 10.8 Å². The fourth-order valence-corrected chi connectivity index (χ4v) is 8.87. The molecule has 7 aromatic rings. The maximum Gasteiger partial charge on any atom is 0.0503 e. The summed E-state index contributed by atoms with van der Waals surface area (Å²) in [6.45, 7) is 19.7. The van der Waals surface area contributed by atoms with Crippen molar-refractivity contribution in [1.29, 1.82) is 0 Å². The molecule has 2 heteroatoms. The normalized spacial score (nSPS) is 14.1. The highest BCUT2D eigenvalue weighted by molar-refractivity contribution is 5.89. The molecule has 0 amide bonds. The Morgan fingerprint density at radius 3 is 1.67 bits per heavy atom. The second kappa shape index (κ2) is 14.9. The van der Waals surface area contributed by atoms with Crippen LogP contribution < -0.4 is 9.80 Å². The van der Waals surface area contributed by atoms with Crippen molar-refractivity contribution >= 4 is 52.4 Å². The number of nitrogens with zero attached hydrogens (tertiary/aromatic N) is 2. The van der Waals surface area contributed by atoms with Crippen LogP contribution in [-0.4, -0.2) is 0 Å². The Bertz CT molecular complexity index is 2590. The summed E-state index contributed by atoms with van der Waals surface area (Å²) in [5.41, 5.74) is 19.5. The van der Waals surface area contributed by atoms with E-state index in [2.05, 4.69) is 221 Å². The molecule has 0 saturated heterocycles. The maximum absolute atomic E-state index is 4.09. The van der Waals surface area contributed by atoms with E-state index in [-0.39, 0.29) is 10.8 Å². The number of anilines is 6. The third-order valence-electron chi connectivity index (χ3n) is 11.9. The van der Waals surface area contributed by atoms with E-state index in [0.29, 0.717) is 0 Å². The van der Waals surface area contributed by atoms with E-state index in [1.54, 1.807) is 0 Å². The quantitative estimate of drug-likeness (QED) is 0.150. The number of aryl methyl sites for hydroxylation is 1. The van der Waals surface area contributed by atoms with Crippen LogP contribution in [0.1, 0.15) is 86.1 Å². The van der Waals surface area contributed by atoms with E-state index in [0.717, 1.165) is 28.3 Å². The monoisotopic (exact) mass is 740 g/mol. The molecule has 282 valence electrons. The van der Waals surface area contributed by atoms with Gasteiger partial charge in [0, 0.05) is 33.6 Å². The van der Waals surface area contributed by atoms with Crippen LogP contribution in [0.5, 0.6) is 0 Å². The minimum atomic E-state index is -0.170. The van der Waals surface area contributed by atoms with Crippen LogP contribution in [0.3, 0.4) is 0 Å². The maximum atomic E-state index is 4.09. The number of rotatable bonds is 7. The van der Waals surface area contributed by atoms with Crippen molar-refractivity contribution in [1.82, 2.24) is 0 Å². The Morgan fingerprint density at radius 1 is 0.491 bits per heavy atom. The van der Waals surface area contributed by atoms with Crippen molar-refractivity contribution in [2.75, 3.05) is 9.80 Å². The first-order valence-electron chi connectivity index (χ1n) is 20.3. The minimum Gasteiger partial charge on any atom is -0.310 e. The van der Waals surface area contributed by atoms with E-state index < -0.39 is 0 Å². The van der Waals surface area contributed by atoms with Gasteiger partial charge in [-0.05, 0) is 129 Å². The lowest BCUT2D eigenvalue weighted by atomic mass is 9.73. The summed E-state index contributed by atoms with van der Waals surface area (Å²) in [7, 11) is 0. The smallest absolute Gasteiger partial charge is 0.0503 e. The molecule has 0 fully saturated rings. The summed E-state index contributed by atoms with van der Waals surface area (Å²) < 4.78 is 0. The fourth-order valence-electron chi connectivity index (χ4n) is 8.87. The lowest BCUT2D eigenvalue weighted by Gasteiger charge is -2.42. The van der Waals surface area contributed by atoms with Gasteiger partial charge in [0.05, 0.1) is 11.4 Å². The van der Waals surface area contributed by atoms with Crippen LogP contribution in [0.25, 0.3) is 29.4 Å². The van der Waals surface area contributed by atoms with Crippen LogP contribution in [0.2, 0.25) is 0 Å². The highest BCUT2D eigenvalue weighted by atomic mass is 15.2. The largest absolute Gasteiger partial charge is 0.310 e. The molecule has 57 heavy (non-hydrogen) atoms. The average Bonchev–Trinajstić information content (AvgIpc) is 3.47. The molecule has 0 atom stereocenters. The zero-order chi connectivity index (χ0) is 39.9. The number of para-hydroxylation sites is 3. The Hall–Kier alpha value is -6.38. The molecule has 0 unspecified atom stereocenters. The van der Waals surface area contributed by atoms with Crippen LogP contribution in [0.4, 0.5) is 34.1 Å².